The molecule has 158 valence electrons. The predicted molar refractivity (Wildman–Crippen MR) is 109 cm³/mol. The van der Waals surface area contributed by atoms with Crippen LogP contribution in [0.2, 0.25) is 0 Å². The molecule has 3 amide bonds. The average Bonchev–Trinajstić information content (AvgIpc) is 2.92. The van der Waals surface area contributed by atoms with E-state index in [1.54, 1.807) is 18.2 Å². The van der Waals surface area contributed by atoms with Gasteiger partial charge in [-0.1, -0.05) is 32.9 Å². The Kier molecular flexibility index (Phi) is 6.57. The topological polar surface area (TPSA) is 79.0 Å². The van der Waals surface area contributed by atoms with Crippen LogP contribution in [0, 0.1) is 5.92 Å². The summed E-state index contributed by atoms with van der Waals surface area (Å²) in [5.41, 5.74) is 0.371. The number of carbonyl (C=O) groups is 3. The van der Waals surface area contributed by atoms with E-state index in [0.29, 0.717) is 30.9 Å². The van der Waals surface area contributed by atoms with Gasteiger partial charge in [0.05, 0.1) is 18.7 Å². The number of urea groups is 1. The van der Waals surface area contributed by atoms with Gasteiger partial charge in [0.1, 0.15) is 5.54 Å². The van der Waals surface area contributed by atoms with Crippen LogP contribution >= 0.6 is 0 Å². The number of benzene rings is 1. The fourth-order valence-electron chi connectivity index (χ4n) is 4.05. The highest BCUT2D eigenvalue weighted by Crippen LogP contribution is 2.30. The number of carbonyl (C=O) groups excluding carboxylic acids is 3. The third kappa shape index (κ3) is 4.78. The van der Waals surface area contributed by atoms with Crippen molar-refractivity contribution in [3.05, 3.63) is 35.4 Å². The van der Waals surface area contributed by atoms with Crippen LogP contribution in [0.5, 0.6) is 0 Å². The van der Waals surface area contributed by atoms with E-state index < -0.39 is 5.54 Å². The first kappa shape index (κ1) is 21.3. The fraction of sp³-hybridized carbons (Fsp3) is 0.591. The maximum absolute atomic E-state index is 13.1. The average molecular weight is 402 g/mol. The summed E-state index contributed by atoms with van der Waals surface area (Å²) >= 11 is 0. The van der Waals surface area contributed by atoms with Crippen LogP contribution in [0.4, 0.5) is 4.79 Å². The zero-order valence-corrected chi connectivity index (χ0v) is 17.6. The zero-order valence-electron chi connectivity index (χ0n) is 17.6. The third-order valence-corrected chi connectivity index (χ3v) is 5.52. The van der Waals surface area contributed by atoms with E-state index in [1.165, 1.54) is 4.90 Å². The largest absolute Gasteiger partial charge is 0.462 e. The maximum Gasteiger partial charge on any atom is 0.338 e. The summed E-state index contributed by atoms with van der Waals surface area (Å²) in [7, 11) is 0. The van der Waals surface area contributed by atoms with Gasteiger partial charge in [0.25, 0.3) is 5.91 Å². The molecule has 0 atom stereocenters. The number of nitrogens with zero attached hydrogens (tertiary/aromatic N) is 2. The number of esters is 1. The highest BCUT2D eigenvalue weighted by Gasteiger charge is 2.52. The molecule has 0 bridgehead atoms. The van der Waals surface area contributed by atoms with Gasteiger partial charge in [0.15, 0.2) is 0 Å². The number of ether oxygens (including phenoxy) is 1. The molecule has 2 fully saturated rings. The van der Waals surface area contributed by atoms with Crippen LogP contribution in [0.1, 0.15) is 56.0 Å². The number of rotatable bonds is 7. The Labute approximate surface area is 172 Å². The van der Waals surface area contributed by atoms with Crippen LogP contribution in [0.3, 0.4) is 0 Å². The van der Waals surface area contributed by atoms with E-state index >= 15 is 0 Å². The molecule has 0 aromatic heterocycles. The van der Waals surface area contributed by atoms with Gasteiger partial charge in [0.2, 0.25) is 0 Å². The van der Waals surface area contributed by atoms with E-state index in [9.17, 15) is 14.4 Å². The molecule has 0 radical (unpaired) electrons. The predicted octanol–water partition coefficient (Wildman–Crippen LogP) is 2.80. The highest BCUT2D eigenvalue weighted by atomic mass is 16.5. The van der Waals surface area contributed by atoms with Crippen molar-refractivity contribution in [2.24, 2.45) is 5.92 Å². The summed E-state index contributed by atoms with van der Waals surface area (Å²) in [6, 6.07) is 6.57. The Bertz CT molecular complexity index is 769. The van der Waals surface area contributed by atoms with E-state index in [1.807, 2.05) is 13.0 Å². The molecule has 2 heterocycles. The lowest BCUT2D eigenvalue weighted by Crippen LogP contribution is -2.55. The Morgan fingerprint density at radius 3 is 2.62 bits per heavy atom. The molecule has 2 saturated heterocycles. The van der Waals surface area contributed by atoms with E-state index in [0.717, 1.165) is 31.6 Å². The number of hydrogen-bond donors (Lipinski definition) is 1. The molecule has 0 aliphatic carbocycles. The summed E-state index contributed by atoms with van der Waals surface area (Å²) in [5, 5.41) is 2.95. The van der Waals surface area contributed by atoms with E-state index in [2.05, 4.69) is 24.1 Å². The first-order valence-corrected chi connectivity index (χ1v) is 10.5. The number of piperidine rings is 1. The molecule has 7 nitrogen and oxygen atoms in total. The Hall–Kier alpha value is -2.41. The first-order valence-electron chi connectivity index (χ1n) is 10.5. The van der Waals surface area contributed by atoms with Gasteiger partial charge in [-0.2, -0.15) is 0 Å². The summed E-state index contributed by atoms with van der Waals surface area (Å²) in [4.78, 5) is 41.4. The molecule has 0 saturated carbocycles. The van der Waals surface area contributed by atoms with Crippen molar-refractivity contribution < 1.29 is 19.1 Å². The van der Waals surface area contributed by atoms with E-state index in [4.69, 9.17) is 4.74 Å². The molecular formula is C22H31N3O4. The molecule has 29 heavy (non-hydrogen) atoms. The molecule has 1 aromatic rings. The molecule has 7 heteroatoms. The SMILES string of the molecule is CCCOC(=O)c1cccc(CN2C(=O)NC3(CCN(CC(C)C)CC3)C2=O)c1. The van der Waals surface area contributed by atoms with Crippen LogP contribution in [-0.4, -0.2) is 59.5 Å². The molecule has 3 rings (SSSR count). The molecule has 1 spiro atoms. The van der Waals surface area contributed by atoms with Crippen molar-refractivity contribution in [3.63, 3.8) is 0 Å². The van der Waals surface area contributed by atoms with Crippen molar-refractivity contribution in [1.29, 1.82) is 0 Å². The molecule has 1 aromatic carbocycles. The van der Waals surface area contributed by atoms with Crippen molar-refractivity contribution in [2.45, 2.75) is 52.1 Å². The van der Waals surface area contributed by atoms with Gasteiger partial charge >= 0.3 is 12.0 Å². The minimum Gasteiger partial charge on any atom is -0.462 e. The standard InChI is InChI=1S/C22H31N3O4/c1-4-12-29-19(26)18-7-5-6-17(13-18)15-25-20(27)22(23-21(25)28)8-10-24(11-9-22)14-16(2)3/h5-7,13,16H,4,8-12,14-15H2,1-3H3,(H,23,28). The van der Waals surface area contributed by atoms with Gasteiger partial charge in [-0.05, 0) is 42.9 Å². The number of likely N-dealkylation sites (tertiary alicyclic amines) is 1. The monoisotopic (exact) mass is 401 g/mol. The minimum absolute atomic E-state index is 0.150. The molecule has 0 unspecified atom stereocenters. The van der Waals surface area contributed by atoms with Crippen LogP contribution < -0.4 is 5.32 Å². The fourth-order valence-corrected chi connectivity index (χ4v) is 4.05. The molecule has 2 aliphatic rings. The molecule has 1 N–H and O–H groups in total. The summed E-state index contributed by atoms with van der Waals surface area (Å²) in [6.45, 7) is 9.42. The second kappa shape index (κ2) is 8.95. The first-order chi connectivity index (χ1) is 13.8. The van der Waals surface area contributed by atoms with Crippen LogP contribution in [0.15, 0.2) is 24.3 Å². The molecule has 2 aliphatic heterocycles. The smallest absolute Gasteiger partial charge is 0.338 e. The Morgan fingerprint density at radius 1 is 1.24 bits per heavy atom. The number of nitrogens with one attached hydrogen (secondary N) is 1. The lowest BCUT2D eigenvalue weighted by molar-refractivity contribution is -0.133. The molecular weight excluding hydrogens is 370 g/mol. The van der Waals surface area contributed by atoms with Crippen molar-refractivity contribution in [2.75, 3.05) is 26.2 Å². The summed E-state index contributed by atoms with van der Waals surface area (Å²) in [6.07, 6.45) is 2.01. The Balaban J connectivity index is 1.66. The summed E-state index contributed by atoms with van der Waals surface area (Å²) < 4.78 is 5.17. The van der Waals surface area contributed by atoms with Gasteiger partial charge in [-0.15, -0.1) is 0 Å². The van der Waals surface area contributed by atoms with Crippen molar-refractivity contribution >= 4 is 17.9 Å². The normalized spacial score (nSPS) is 19.1. The van der Waals surface area contributed by atoms with Gasteiger partial charge in [0, 0.05) is 19.6 Å². The Morgan fingerprint density at radius 2 is 1.97 bits per heavy atom. The van der Waals surface area contributed by atoms with Gasteiger partial charge in [-0.3, -0.25) is 9.69 Å². The lowest BCUT2D eigenvalue weighted by Gasteiger charge is -2.38. The van der Waals surface area contributed by atoms with Crippen molar-refractivity contribution in [3.8, 4) is 0 Å². The third-order valence-electron chi connectivity index (χ3n) is 5.52. The van der Waals surface area contributed by atoms with Gasteiger partial charge < -0.3 is 15.0 Å². The van der Waals surface area contributed by atoms with E-state index in [-0.39, 0.29) is 24.5 Å². The van der Waals surface area contributed by atoms with Crippen LogP contribution in [0.25, 0.3) is 0 Å². The zero-order chi connectivity index (χ0) is 21.0. The maximum atomic E-state index is 13.1. The minimum atomic E-state index is -0.789. The lowest BCUT2D eigenvalue weighted by atomic mass is 9.87. The number of amides is 3. The highest BCUT2D eigenvalue weighted by molar-refractivity contribution is 6.07. The van der Waals surface area contributed by atoms with Crippen molar-refractivity contribution in [1.82, 2.24) is 15.1 Å². The van der Waals surface area contributed by atoms with Crippen LogP contribution in [-0.2, 0) is 16.1 Å². The second-order valence-electron chi connectivity index (χ2n) is 8.43. The summed E-state index contributed by atoms with van der Waals surface area (Å²) in [5.74, 6) is 0.0243. The second-order valence-corrected chi connectivity index (χ2v) is 8.43. The quantitative estimate of drug-likeness (QED) is 0.561. The van der Waals surface area contributed by atoms with Gasteiger partial charge in [-0.25, -0.2) is 9.59 Å². The number of hydrogen-bond acceptors (Lipinski definition) is 5. The number of imide groups is 1.